The Balaban J connectivity index is 3.29. The first kappa shape index (κ1) is 14.9. The first-order chi connectivity index (χ1) is 8.45. The predicted octanol–water partition coefficient (Wildman–Crippen LogP) is 1.66. The molecule has 0 aliphatic carbocycles. The van der Waals surface area contributed by atoms with Gasteiger partial charge in [0.1, 0.15) is 0 Å². The SMILES string of the molecule is COC(=O)c1cccnc1S(=O)(=O)C(C)CCCl. The lowest BCUT2D eigenvalue weighted by Gasteiger charge is -2.12. The van der Waals surface area contributed by atoms with Crippen molar-refractivity contribution in [2.45, 2.75) is 23.6 Å². The van der Waals surface area contributed by atoms with E-state index in [1.54, 1.807) is 0 Å². The van der Waals surface area contributed by atoms with Crippen molar-refractivity contribution < 1.29 is 17.9 Å². The molecule has 0 aliphatic rings. The summed E-state index contributed by atoms with van der Waals surface area (Å²) in [6.07, 6.45) is 1.62. The van der Waals surface area contributed by atoms with Crippen LogP contribution in [0.25, 0.3) is 0 Å². The second-order valence-corrected chi connectivity index (χ2v) is 6.34. The lowest BCUT2D eigenvalue weighted by molar-refractivity contribution is 0.0595. The third kappa shape index (κ3) is 3.00. The maximum atomic E-state index is 12.2. The van der Waals surface area contributed by atoms with Crippen molar-refractivity contribution in [2.75, 3.05) is 13.0 Å². The van der Waals surface area contributed by atoms with E-state index < -0.39 is 21.1 Å². The van der Waals surface area contributed by atoms with Gasteiger partial charge in [0.25, 0.3) is 0 Å². The minimum absolute atomic E-state index is 0.0542. The first-order valence-corrected chi connectivity index (χ1v) is 7.36. The number of nitrogens with zero attached hydrogens (tertiary/aromatic N) is 1. The molecule has 0 saturated heterocycles. The van der Waals surface area contributed by atoms with Crippen LogP contribution in [0.2, 0.25) is 0 Å². The summed E-state index contributed by atoms with van der Waals surface area (Å²) in [6.45, 7) is 1.54. The molecule has 100 valence electrons. The Morgan fingerprint density at radius 1 is 1.56 bits per heavy atom. The van der Waals surface area contributed by atoms with Gasteiger partial charge in [-0.15, -0.1) is 11.6 Å². The molecule has 0 fully saturated rings. The number of sulfone groups is 1. The van der Waals surface area contributed by atoms with E-state index in [1.165, 1.54) is 32.4 Å². The van der Waals surface area contributed by atoms with Crippen LogP contribution in [0.4, 0.5) is 0 Å². The zero-order valence-electron chi connectivity index (χ0n) is 10.1. The van der Waals surface area contributed by atoms with Crippen LogP contribution >= 0.6 is 11.6 Å². The molecule has 18 heavy (non-hydrogen) atoms. The molecule has 0 saturated carbocycles. The van der Waals surface area contributed by atoms with E-state index in [0.717, 1.165) is 0 Å². The van der Waals surface area contributed by atoms with E-state index in [9.17, 15) is 13.2 Å². The molecule has 0 aliphatic heterocycles. The van der Waals surface area contributed by atoms with Crippen molar-refractivity contribution in [1.29, 1.82) is 0 Å². The summed E-state index contributed by atoms with van der Waals surface area (Å²) in [4.78, 5) is 15.3. The summed E-state index contributed by atoms with van der Waals surface area (Å²) in [5.74, 6) is -0.499. The second kappa shape index (κ2) is 6.15. The quantitative estimate of drug-likeness (QED) is 0.609. The molecule has 0 radical (unpaired) electrons. The number of halogens is 1. The van der Waals surface area contributed by atoms with Gasteiger partial charge in [-0.2, -0.15) is 0 Å². The van der Waals surface area contributed by atoms with Gasteiger partial charge in [0.15, 0.2) is 14.9 Å². The van der Waals surface area contributed by atoms with Crippen LogP contribution < -0.4 is 0 Å². The zero-order chi connectivity index (χ0) is 13.8. The number of hydrogen-bond donors (Lipinski definition) is 0. The van der Waals surface area contributed by atoms with Gasteiger partial charge in [0.05, 0.1) is 17.9 Å². The number of pyridine rings is 1. The van der Waals surface area contributed by atoms with E-state index in [4.69, 9.17) is 11.6 Å². The van der Waals surface area contributed by atoms with Crippen LogP contribution in [-0.2, 0) is 14.6 Å². The number of ether oxygens (including phenoxy) is 1. The summed E-state index contributed by atoms with van der Waals surface area (Å²) in [6, 6.07) is 2.86. The van der Waals surface area contributed by atoms with E-state index >= 15 is 0 Å². The normalized spacial score (nSPS) is 13.1. The highest BCUT2D eigenvalue weighted by Crippen LogP contribution is 2.20. The molecule has 1 atom stereocenters. The summed E-state index contributed by atoms with van der Waals surface area (Å²) in [5.41, 5.74) is -0.0542. The third-order valence-electron chi connectivity index (χ3n) is 2.49. The molecule has 1 unspecified atom stereocenters. The molecule has 0 spiro atoms. The highest BCUT2D eigenvalue weighted by Gasteiger charge is 2.29. The maximum Gasteiger partial charge on any atom is 0.340 e. The minimum Gasteiger partial charge on any atom is -0.465 e. The monoisotopic (exact) mass is 291 g/mol. The lowest BCUT2D eigenvalue weighted by atomic mass is 10.3. The van der Waals surface area contributed by atoms with E-state index in [0.29, 0.717) is 6.42 Å². The van der Waals surface area contributed by atoms with Crippen LogP contribution in [0.3, 0.4) is 0 Å². The number of rotatable bonds is 5. The maximum absolute atomic E-state index is 12.2. The Labute approximate surface area is 111 Å². The fraction of sp³-hybridized carbons (Fsp3) is 0.455. The predicted molar refractivity (Wildman–Crippen MR) is 67.6 cm³/mol. The fourth-order valence-electron chi connectivity index (χ4n) is 1.38. The number of aromatic nitrogens is 1. The smallest absolute Gasteiger partial charge is 0.340 e. The van der Waals surface area contributed by atoms with Crippen molar-refractivity contribution in [3.63, 3.8) is 0 Å². The Morgan fingerprint density at radius 3 is 2.78 bits per heavy atom. The summed E-state index contributed by atoms with van der Waals surface area (Å²) in [7, 11) is -2.49. The summed E-state index contributed by atoms with van der Waals surface area (Å²) >= 11 is 5.54. The van der Waals surface area contributed by atoms with Gasteiger partial charge in [-0.05, 0) is 25.5 Å². The molecule has 1 aromatic heterocycles. The van der Waals surface area contributed by atoms with Gasteiger partial charge in [0.2, 0.25) is 0 Å². The second-order valence-electron chi connectivity index (χ2n) is 3.68. The molecule has 1 rings (SSSR count). The highest BCUT2D eigenvalue weighted by molar-refractivity contribution is 7.92. The lowest BCUT2D eigenvalue weighted by Crippen LogP contribution is -2.22. The zero-order valence-corrected chi connectivity index (χ0v) is 11.7. The van der Waals surface area contributed by atoms with Gasteiger partial charge in [-0.1, -0.05) is 0 Å². The van der Waals surface area contributed by atoms with Gasteiger partial charge in [-0.25, -0.2) is 18.2 Å². The van der Waals surface area contributed by atoms with E-state index in [1.807, 2.05) is 0 Å². The number of carbonyl (C=O) groups is 1. The fourth-order valence-corrected chi connectivity index (χ4v) is 3.31. The molecule has 0 amide bonds. The number of alkyl halides is 1. The van der Waals surface area contributed by atoms with Crippen molar-refractivity contribution in [3.05, 3.63) is 23.9 Å². The average molecular weight is 292 g/mol. The molecule has 1 heterocycles. The molecule has 5 nitrogen and oxygen atoms in total. The topological polar surface area (TPSA) is 73.3 Å². The van der Waals surface area contributed by atoms with Crippen molar-refractivity contribution in [2.24, 2.45) is 0 Å². The van der Waals surface area contributed by atoms with Crippen LogP contribution in [0.5, 0.6) is 0 Å². The van der Waals surface area contributed by atoms with Crippen molar-refractivity contribution in [3.8, 4) is 0 Å². The summed E-state index contributed by atoms with van der Waals surface area (Å²) in [5, 5.41) is -0.956. The van der Waals surface area contributed by atoms with Gasteiger partial charge in [0, 0.05) is 12.1 Å². The number of methoxy groups -OCH3 is 1. The summed E-state index contributed by atoms with van der Waals surface area (Å²) < 4.78 is 29.0. The Kier molecular flexibility index (Phi) is 5.10. The standard InChI is InChI=1S/C11H14ClNO4S/c1-8(5-6-12)18(15,16)10-9(11(14)17-2)4-3-7-13-10/h3-4,7-8H,5-6H2,1-2H3. The molecule has 0 bridgehead atoms. The molecule has 1 aromatic rings. The molecular weight excluding hydrogens is 278 g/mol. The average Bonchev–Trinajstić information content (AvgIpc) is 2.38. The molecule has 7 heteroatoms. The van der Waals surface area contributed by atoms with E-state index in [-0.39, 0.29) is 16.5 Å². The van der Waals surface area contributed by atoms with Gasteiger partial charge >= 0.3 is 5.97 Å². The van der Waals surface area contributed by atoms with Crippen LogP contribution in [0.1, 0.15) is 23.7 Å². The van der Waals surface area contributed by atoms with Crippen LogP contribution in [-0.4, -0.2) is 37.6 Å². The van der Waals surface area contributed by atoms with Gasteiger partial charge in [-0.3, -0.25) is 0 Å². The molecule has 0 N–H and O–H groups in total. The van der Waals surface area contributed by atoms with Crippen molar-refractivity contribution >= 4 is 27.4 Å². The van der Waals surface area contributed by atoms with Gasteiger partial charge < -0.3 is 4.74 Å². The molecule has 0 aromatic carbocycles. The minimum atomic E-state index is -3.68. The molecular formula is C11H14ClNO4S. The first-order valence-electron chi connectivity index (χ1n) is 5.28. The van der Waals surface area contributed by atoms with Crippen molar-refractivity contribution in [1.82, 2.24) is 4.98 Å². The Hall–Kier alpha value is -1.14. The Bertz CT molecular complexity index is 530. The van der Waals surface area contributed by atoms with E-state index in [2.05, 4.69) is 9.72 Å². The highest BCUT2D eigenvalue weighted by atomic mass is 35.5. The Morgan fingerprint density at radius 2 is 2.22 bits per heavy atom. The largest absolute Gasteiger partial charge is 0.465 e. The van der Waals surface area contributed by atoms with Crippen LogP contribution in [0.15, 0.2) is 23.4 Å². The van der Waals surface area contributed by atoms with Crippen LogP contribution in [0, 0.1) is 0 Å². The number of carbonyl (C=O) groups excluding carboxylic acids is 1. The number of esters is 1. The number of hydrogen-bond acceptors (Lipinski definition) is 5. The third-order valence-corrected chi connectivity index (χ3v) is 4.87.